The molecule has 2 aromatic heterocycles. The van der Waals surface area contributed by atoms with Gasteiger partial charge in [0.2, 0.25) is 0 Å². The average Bonchev–Trinajstić information content (AvgIpc) is 3.24. The number of hydrogen-bond acceptors (Lipinski definition) is 7. The summed E-state index contributed by atoms with van der Waals surface area (Å²) in [7, 11) is 1.28. The molecule has 0 bridgehead atoms. The van der Waals surface area contributed by atoms with Gasteiger partial charge >= 0.3 is 11.9 Å². The quantitative estimate of drug-likeness (QED) is 0.669. The number of hydrogen-bond donors (Lipinski definition) is 1. The van der Waals surface area contributed by atoms with Crippen molar-refractivity contribution in [2.24, 2.45) is 0 Å². The fourth-order valence-electron chi connectivity index (χ4n) is 2.76. The molecule has 2 heterocycles. The molecular weight excluding hydrogens is 451 g/mol. The molecule has 0 aromatic carbocycles. The third-order valence-electron chi connectivity index (χ3n) is 4.01. The van der Waals surface area contributed by atoms with Crippen molar-refractivity contribution in [3.63, 3.8) is 0 Å². The molecule has 0 fully saturated rings. The van der Waals surface area contributed by atoms with Gasteiger partial charge in [0, 0.05) is 11.1 Å². The summed E-state index contributed by atoms with van der Waals surface area (Å²) >= 11 is 18.9. The Labute approximate surface area is 178 Å². The van der Waals surface area contributed by atoms with E-state index in [1.54, 1.807) is 0 Å². The zero-order valence-electron chi connectivity index (χ0n) is 14.4. The van der Waals surface area contributed by atoms with E-state index in [9.17, 15) is 14.4 Å². The van der Waals surface area contributed by atoms with Gasteiger partial charge in [0.05, 0.1) is 27.7 Å². The Morgan fingerprint density at radius 3 is 2.64 bits per heavy atom. The van der Waals surface area contributed by atoms with Crippen LogP contribution in [0.3, 0.4) is 0 Å². The standard InChI is InChI=1S/C17H13Cl3N2O5S/c1-26-16(24)11-7-3-2-4-9(7)28-15(11)22-10(23)6-27-17(25)14-13(20)12(19)8(18)5-21-14/h5H,2-4,6H2,1H3,(H,22,23). The summed E-state index contributed by atoms with van der Waals surface area (Å²) in [6, 6.07) is 0. The first kappa shape index (κ1) is 20.9. The van der Waals surface area contributed by atoms with E-state index in [1.165, 1.54) is 18.4 Å². The number of fused-ring (bicyclic) bond motifs is 1. The number of thiophene rings is 1. The molecule has 0 unspecified atom stereocenters. The van der Waals surface area contributed by atoms with Crippen LogP contribution in [0.25, 0.3) is 0 Å². The molecule has 0 saturated carbocycles. The van der Waals surface area contributed by atoms with E-state index < -0.39 is 24.5 Å². The van der Waals surface area contributed by atoms with Gasteiger partial charge in [-0.2, -0.15) is 0 Å². The Hall–Kier alpha value is -1.87. The number of rotatable bonds is 5. The third kappa shape index (κ3) is 4.10. The van der Waals surface area contributed by atoms with E-state index in [2.05, 4.69) is 10.3 Å². The second kappa shape index (κ2) is 8.65. The minimum Gasteiger partial charge on any atom is -0.465 e. The number of methoxy groups -OCH3 is 1. The minimum absolute atomic E-state index is 0.0365. The molecule has 7 nitrogen and oxygen atoms in total. The molecule has 0 saturated heterocycles. The lowest BCUT2D eigenvalue weighted by molar-refractivity contribution is -0.119. The maximum absolute atomic E-state index is 12.2. The van der Waals surface area contributed by atoms with Gasteiger partial charge in [-0.1, -0.05) is 34.8 Å². The lowest BCUT2D eigenvalue weighted by atomic mass is 10.1. The van der Waals surface area contributed by atoms with Gasteiger partial charge in [0.15, 0.2) is 12.3 Å². The topological polar surface area (TPSA) is 94.6 Å². The number of carbonyl (C=O) groups excluding carboxylic acids is 3. The zero-order valence-corrected chi connectivity index (χ0v) is 17.5. The smallest absolute Gasteiger partial charge is 0.359 e. The molecule has 1 aliphatic carbocycles. The van der Waals surface area contributed by atoms with Gasteiger partial charge < -0.3 is 14.8 Å². The Morgan fingerprint density at radius 1 is 1.18 bits per heavy atom. The molecule has 1 aliphatic rings. The summed E-state index contributed by atoms with van der Waals surface area (Å²) < 4.78 is 9.75. The van der Waals surface area contributed by atoms with Gasteiger partial charge in [-0.15, -0.1) is 11.3 Å². The number of carbonyl (C=O) groups is 3. The Balaban J connectivity index is 1.68. The Kier molecular flexibility index (Phi) is 6.44. The maximum Gasteiger partial charge on any atom is 0.359 e. The largest absolute Gasteiger partial charge is 0.465 e. The highest BCUT2D eigenvalue weighted by atomic mass is 35.5. The number of halogens is 3. The molecule has 0 spiro atoms. The maximum atomic E-state index is 12.2. The van der Waals surface area contributed by atoms with Gasteiger partial charge in [-0.25, -0.2) is 14.6 Å². The lowest BCUT2D eigenvalue weighted by Gasteiger charge is -2.09. The first-order valence-electron chi connectivity index (χ1n) is 8.02. The number of nitrogens with one attached hydrogen (secondary N) is 1. The summed E-state index contributed by atoms with van der Waals surface area (Å²) in [5.74, 6) is -2.06. The molecular formula is C17H13Cl3N2O5S. The number of nitrogens with zero attached hydrogens (tertiary/aromatic N) is 1. The second-order valence-electron chi connectivity index (χ2n) is 5.76. The Bertz CT molecular complexity index is 976. The van der Waals surface area contributed by atoms with Crippen LogP contribution >= 0.6 is 46.1 Å². The molecule has 1 N–H and O–H groups in total. The van der Waals surface area contributed by atoms with Crippen molar-refractivity contribution in [1.29, 1.82) is 0 Å². The van der Waals surface area contributed by atoms with Crippen molar-refractivity contribution >= 4 is 69.0 Å². The number of anilines is 1. The first-order chi connectivity index (χ1) is 13.3. The number of ether oxygens (including phenoxy) is 2. The molecule has 3 rings (SSSR count). The highest BCUT2D eigenvalue weighted by Crippen LogP contribution is 2.39. The van der Waals surface area contributed by atoms with E-state index >= 15 is 0 Å². The number of amides is 1. The predicted octanol–water partition coefficient (Wildman–Crippen LogP) is 4.17. The van der Waals surface area contributed by atoms with Crippen molar-refractivity contribution in [3.05, 3.63) is 43.0 Å². The van der Waals surface area contributed by atoms with Crippen LogP contribution in [0, 0.1) is 0 Å². The summed E-state index contributed by atoms with van der Waals surface area (Å²) in [4.78, 5) is 41.2. The highest BCUT2D eigenvalue weighted by molar-refractivity contribution is 7.17. The monoisotopic (exact) mass is 462 g/mol. The third-order valence-corrected chi connectivity index (χ3v) is 6.46. The number of pyridine rings is 1. The van der Waals surface area contributed by atoms with E-state index in [-0.39, 0.29) is 20.8 Å². The van der Waals surface area contributed by atoms with Crippen LogP contribution in [0.2, 0.25) is 15.1 Å². The van der Waals surface area contributed by atoms with Gasteiger partial charge in [-0.3, -0.25) is 4.79 Å². The van der Waals surface area contributed by atoms with Crippen LogP contribution in [-0.4, -0.2) is 36.5 Å². The van der Waals surface area contributed by atoms with Gasteiger partial charge in [0.25, 0.3) is 5.91 Å². The highest BCUT2D eigenvalue weighted by Gasteiger charge is 2.28. The van der Waals surface area contributed by atoms with Crippen molar-refractivity contribution in [1.82, 2.24) is 4.98 Å². The SMILES string of the molecule is COC(=O)c1c(NC(=O)COC(=O)c2ncc(Cl)c(Cl)c2Cl)sc2c1CCC2. The molecule has 28 heavy (non-hydrogen) atoms. The average molecular weight is 464 g/mol. The van der Waals surface area contributed by atoms with Crippen LogP contribution in [-0.2, 0) is 27.1 Å². The summed E-state index contributed by atoms with van der Waals surface area (Å²) in [5, 5.41) is 2.86. The molecule has 0 radical (unpaired) electrons. The molecule has 0 aliphatic heterocycles. The van der Waals surface area contributed by atoms with Crippen LogP contribution in [0.15, 0.2) is 6.20 Å². The summed E-state index contributed by atoms with van der Waals surface area (Å²) in [6.45, 7) is -0.597. The van der Waals surface area contributed by atoms with E-state index in [0.29, 0.717) is 10.6 Å². The van der Waals surface area contributed by atoms with Crippen molar-refractivity contribution in [2.75, 3.05) is 19.0 Å². The fraction of sp³-hybridized carbons (Fsp3) is 0.294. The molecule has 0 atom stereocenters. The van der Waals surface area contributed by atoms with Crippen molar-refractivity contribution in [2.45, 2.75) is 19.3 Å². The minimum atomic E-state index is -0.930. The summed E-state index contributed by atoms with van der Waals surface area (Å²) in [5.41, 5.74) is 0.999. The number of aromatic nitrogens is 1. The van der Waals surface area contributed by atoms with E-state index in [4.69, 9.17) is 44.3 Å². The van der Waals surface area contributed by atoms with Crippen molar-refractivity contribution < 1.29 is 23.9 Å². The van der Waals surface area contributed by atoms with Crippen LogP contribution in [0.1, 0.15) is 37.7 Å². The van der Waals surface area contributed by atoms with E-state index in [0.717, 1.165) is 35.9 Å². The zero-order chi connectivity index (χ0) is 20.4. The normalized spacial score (nSPS) is 12.4. The molecule has 148 valence electrons. The molecule has 2 aromatic rings. The predicted molar refractivity (Wildman–Crippen MR) is 106 cm³/mol. The van der Waals surface area contributed by atoms with Crippen molar-refractivity contribution in [3.8, 4) is 0 Å². The molecule has 1 amide bonds. The number of esters is 2. The fourth-order valence-corrected chi connectivity index (χ4v) is 4.61. The summed E-state index contributed by atoms with van der Waals surface area (Å²) in [6.07, 6.45) is 3.70. The Morgan fingerprint density at radius 2 is 1.93 bits per heavy atom. The number of aryl methyl sites for hydroxylation is 1. The lowest BCUT2D eigenvalue weighted by Crippen LogP contribution is -2.22. The van der Waals surface area contributed by atoms with Crippen LogP contribution in [0.4, 0.5) is 5.00 Å². The van der Waals surface area contributed by atoms with Crippen LogP contribution in [0.5, 0.6) is 0 Å². The van der Waals surface area contributed by atoms with Gasteiger partial charge in [-0.05, 0) is 24.8 Å². The first-order valence-corrected chi connectivity index (χ1v) is 9.97. The second-order valence-corrected chi connectivity index (χ2v) is 8.03. The van der Waals surface area contributed by atoms with Gasteiger partial charge in [0.1, 0.15) is 5.00 Å². The molecule has 11 heteroatoms. The van der Waals surface area contributed by atoms with E-state index in [1.807, 2.05) is 0 Å². The van der Waals surface area contributed by atoms with Crippen LogP contribution < -0.4 is 5.32 Å².